The number of amides is 1. The highest BCUT2D eigenvalue weighted by molar-refractivity contribution is 8.18. The van der Waals surface area contributed by atoms with Gasteiger partial charge in [-0.05, 0) is 47.7 Å². The van der Waals surface area contributed by atoms with E-state index in [0.717, 1.165) is 11.6 Å². The van der Waals surface area contributed by atoms with Crippen molar-refractivity contribution in [1.82, 2.24) is 4.90 Å². The van der Waals surface area contributed by atoms with Crippen LogP contribution in [-0.2, 0) is 11.0 Å². The van der Waals surface area contributed by atoms with E-state index >= 15 is 0 Å². The van der Waals surface area contributed by atoms with Gasteiger partial charge in [0.1, 0.15) is 0 Å². The fourth-order valence-corrected chi connectivity index (χ4v) is 4.45. The molecular formula is C21H17ClF3N3OS. The fraction of sp³-hybridized carbons (Fsp3) is 0.238. The molecule has 0 aromatic heterocycles. The molecule has 0 radical (unpaired) electrons. The smallest absolute Gasteiger partial charge is 0.368 e. The number of alkyl halides is 3. The molecule has 0 spiro atoms. The molecule has 4 rings (SSSR count). The number of anilines is 1. The summed E-state index contributed by atoms with van der Waals surface area (Å²) in [5, 5.41) is 1.17. The Bertz CT molecular complexity index is 1030. The predicted molar refractivity (Wildman–Crippen MR) is 115 cm³/mol. The minimum Gasteiger partial charge on any atom is -0.368 e. The Hall–Kier alpha value is -2.45. The minimum absolute atomic E-state index is 0.310. The van der Waals surface area contributed by atoms with E-state index in [1.165, 1.54) is 23.9 Å². The SMILES string of the molecule is O=C1N=C(N2CCN(c3cccc(C(F)(F)F)c3)CC2)S/C1=C\c1ccccc1Cl. The number of benzene rings is 2. The molecule has 2 aliphatic rings. The topological polar surface area (TPSA) is 35.9 Å². The van der Waals surface area contributed by atoms with E-state index in [-0.39, 0.29) is 5.91 Å². The van der Waals surface area contributed by atoms with E-state index in [2.05, 4.69) is 4.99 Å². The lowest BCUT2D eigenvalue weighted by Gasteiger charge is -2.36. The first-order valence-corrected chi connectivity index (χ1v) is 10.4. The fourth-order valence-electron chi connectivity index (χ4n) is 3.30. The van der Waals surface area contributed by atoms with Crippen molar-refractivity contribution in [1.29, 1.82) is 0 Å². The number of carbonyl (C=O) groups excluding carboxylic acids is 1. The zero-order chi connectivity index (χ0) is 21.3. The molecule has 0 unspecified atom stereocenters. The number of halogens is 4. The number of nitrogens with zero attached hydrogens (tertiary/aromatic N) is 3. The van der Waals surface area contributed by atoms with Crippen molar-refractivity contribution in [3.63, 3.8) is 0 Å². The lowest BCUT2D eigenvalue weighted by Crippen LogP contribution is -2.47. The van der Waals surface area contributed by atoms with Crippen molar-refractivity contribution in [2.75, 3.05) is 31.1 Å². The number of carbonyl (C=O) groups is 1. The standard InChI is InChI=1S/C21H17ClF3N3OS/c22-17-7-2-1-4-14(17)12-18-19(29)26-20(30-18)28-10-8-27(9-11-28)16-6-3-5-15(13-16)21(23,24)25/h1-7,12-13H,8-11H2/b18-12-. The highest BCUT2D eigenvalue weighted by Crippen LogP contribution is 2.34. The van der Waals surface area contributed by atoms with Crippen molar-refractivity contribution in [3.05, 3.63) is 69.6 Å². The Morgan fingerprint density at radius 1 is 1.00 bits per heavy atom. The molecule has 2 aromatic rings. The van der Waals surface area contributed by atoms with Gasteiger partial charge in [-0.1, -0.05) is 35.9 Å². The van der Waals surface area contributed by atoms with E-state index in [0.29, 0.717) is 47.0 Å². The maximum atomic E-state index is 13.0. The van der Waals surface area contributed by atoms with E-state index in [9.17, 15) is 18.0 Å². The number of aliphatic imine (C=N–C) groups is 1. The lowest BCUT2D eigenvalue weighted by molar-refractivity contribution is -0.137. The molecule has 2 aliphatic heterocycles. The Balaban J connectivity index is 1.41. The number of amidine groups is 1. The van der Waals surface area contributed by atoms with Crippen LogP contribution in [0.25, 0.3) is 6.08 Å². The Labute approximate surface area is 181 Å². The van der Waals surface area contributed by atoms with Crippen LogP contribution in [0.2, 0.25) is 5.02 Å². The summed E-state index contributed by atoms with van der Waals surface area (Å²) >= 11 is 7.45. The summed E-state index contributed by atoms with van der Waals surface area (Å²) in [7, 11) is 0. The largest absolute Gasteiger partial charge is 0.416 e. The number of hydrogen-bond acceptors (Lipinski definition) is 4. The van der Waals surface area contributed by atoms with Crippen LogP contribution >= 0.6 is 23.4 Å². The third kappa shape index (κ3) is 4.49. The maximum Gasteiger partial charge on any atom is 0.416 e. The van der Waals surface area contributed by atoms with Gasteiger partial charge in [-0.15, -0.1) is 0 Å². The first-order chi connectivity index (χ1) is 14.3. The van der Waals surface area contributed by atoms with Crippen LogP contribution in [0, 0.1) is 0 Å². The number of thioether (sulfide) groups is 1. The summed E-state index contributed by atoms with van der Waals surface area (Å²) in [6.07, 6.45) is -2.64. The van der Waals surface area contributed by atoms with Gasteiger partial charge in [0, 0.05) is 36.9 Å². The average Bonchev–Trinajstić information content (AvgIpc) is 3.10. The van der Waals surface area contributed by atoms with Gasteiger partial charge in [-0.3, -0.25) is 4.79 Å². The molecule has 0 atom stereocenters. The first kappa shape index (κ1) is 20.8. The summed E-state index contributed by atoms with van der Waals surface area (Å²) < 4.78 is 38.9. The number of hydrogen-bond donors (Lipinski definition) is 0. The lowest BCUT2D eigenvalue weighted by atomic mass is 10.1. The molecular weight excluding hydrogens is 435 g/mol. The first-order valence-electron chi connectivity index (χ1n) is 9.25. The van der Waals surface area contributed by atoms with Crippen molar-refractivity contribution in [2.45, 2.75) is 6.18 Å². The second-order valence-electron chi connectivity index (χ2n) is 6.85. The summed E-state index contributed by atoms with van der Waals surface area (Å²) in [5.74, 6) is -0.310. The van der Waals surface area contributed by atoms with E-state index < -0.39 is 11.7 Å². The van der Waals surface area contributed by atoms with Gasteiger partial charge in [-0.25, -0.2) is 0 Å². The van der Waals surface area contributed by atoms with Crippen LogP contribution in [0.1, 0.15) is 11.1 Å². The van der Waals surface area contributed by atoms with Crippen LogP contribution in [0.5, 0.6) is 0 Å². The molecule has 0 N–H and O–H groups in total. The van der Waals surface area contributed by atoms with Gasteiger partial charge >= 0.3 is 6.18 Å². The molecule has 30 heavy (non-hydrogen) atoms. The molecule has 156 valence electrons. The summed E-state index contributed by atoms with van der Waals surface area (Å²) in [6.45, 7) is 2.21. The molecule has 0 saturated carbocycles. The Morgan fingerprint density at radius 2 is 1.70 bits per heavy atom. The third-order valence-electron chi connectivity index (χ3n) is 4.89. The molecule has 1 saturated heterocycles. The molecule has 0 aliphatic carbocycles. The van der Waals surface area contributed by atoms with E-state index in [1.54, 1.807) is 18.2 Å². The second kappa shape index (κ2) is 8.35. The van der Waals surface area contributed by atoms with Crippen LogP contribution in [-0.4, -0.2) is 42.2 Å². The van der Waals surface area contributed by atoms with Gasteiger partial charge in [-0.2, -0.15) is 18.2 Å². The van der Waals surface area contributed by atoms with Crippen LogP contribution < -0.4 is 4.90 Å². The van der Waals surface area contributed by atoms with Gasteiger partial charge in [0.15, 0.2) is 5.17 Å². The zero-order valence-corrected chi connectivity index (χ0v) is 17.3. The van der Waals surface area contributed by atoms with Gasteiger partial charge in [0.25, 0.3) is 5.91 Å². The molecule has 2 aromatic carbocycles. The Kier molecular flexibility index (Phi) is 5.79. The van der Waals surface area contributed by atoms with Gasteiger partial charge < -0.3 is 9.80 Å². The second-order valence-corrected chi connectivity index (χ2v) is 8.27. The third-order valence-corrected chi connectivity index (χ3v) is 6.28. The molecule has 1 amide bonds. The monoisotopic (exact) mass is 451 g/mol. The van der Waals surface area contributed by atoms with Crippen molar-refractivity contribution in [3.8, 4) is 0 Å². The van der Waals surface area contributed by atoms with Crippen molar-refractivity contribution >= 4 is 46.2 Å². The minimum atomic E-state index is -4.36. The van der Waals surface area contributed by atoms with Crippen LogP contribution in [0.15, 0.2) is 58.4 Å². The highest BCUT2D eigenvalue weighted by Gasteiger charge is 2.32. The zero-order valence-electron chi connectivity index (χ0n) is 15.7. The van der Waals surface area contributed by atoms with E-state index in [1.807, 2.05) is 28.0 Å². The quantitative estimate of drug-likeness (QED) is 0.591. The van der Waals surface area contributed by atoms with Gasteiger partial charge in [0.05, 0.1) is 10.5 Å². The summed E-state index contributed by atoms with van der Waals surface area (Å²) in [5.41, 5.74) is 0.639. The molecule has 0 bridgehead atoms. The molecule has 2 heterocycles. The van der Waals surface area contributed by atoms with Crippen molar-refractivity contribution < 1.29 is 18.0 Å². The molecule has 1 fully saturated rings. The number of piperazine rings is 1. The number of rotatable bonds is 2. The van der Waals surface area contributed by atoms with Crippen LogP contribution in [0.4, 0.5) is 18.9 Å². The summed E-state index contributed by atoms with van der Waals surface area (Å²) in [4.78, 5) is 20.8. The summed E-state index contributed by atoms with van der Waals surface area (Å²) in [6, 6.07) is 12.6. The van der Waals surface area contributed by atoms with Crippen LogP contribution in [0.3, 0.4) is 0 Å². The van der Waals surface area contributed by atoms with E-state index in [4.69, 9.17) is 11.6 Å². The Morgan fingerprint density at radius 3 is 2.40 bits per heavy atom. The van der Waals surface area contributed by atoms with Gasteiger partial charge in [0.2, 0.25) is 0 Å². The maximum absolute atomic E-state index is 13.0. The molecule has 4 nitrogen and oxygen atoms in total. The predicted octanol–water partition coefficient (Wildman–Crippen LogP) is 5.15. The van der Waals surface area contributed by atoms with Crippen molar-refractivity contribution in [2.24, 2.45) is 4.99 Å². The molecule has 9 heteroatoms. The average molecular weight is 452 g/mol. The normalized spacial score (nSPS) is 18.9. The highest BCUT2D eigenvalue weighted by atomic mass is 35.5.